The average molecular weight is 426 g/mol. The Morgan fingerprint density at radius 1 is 1.07 bits per heavy atom. The van der Waals surface area contributed by atoms with Crippen LogP contribution in [0.1, 0.15) is 40.2 Å². The van der Waals surface area contributed by atoms with E-state index in [9.17, 15) is 9.59 Å². The molecule has 0 aliphatic rings. The molecule has 2 unspecified atom stereocenters. The topological polar surface area (TPSA) is 86.8 Å². The first-order chi connectivity index (χ1) is 14.5. The quantitative estimate of drug-likeness (QED) is 0.538. The van der Waals surface area contributed by atoms with E-state index < -0.39 is 18.0 Å². The highest BCUT2D eigenvalue weighted by molar-refractivity contribution is 7.09. The van der Waals surface area contributed by atoms with Crippen molar-refractivity contribution < 1.29 is 23.8 Å². The fourth-order valence-corrected chi connectivity index (χ4v) is 3.47. The molecular weight excluding hydrogens is 404 g/mol. The highest BCUT2D eigenvalue weighted by Gasteiger charge is 2.27. The molecule has 3 aromatic rings. The number of anilines is 1. The van der Waals surface area contributed by atoms with Gasteiger partial charge in [-0.15, -0.1) is 11.3 Å². The molecule has 0 fully saturated rings. The number of thiazole rings is 1. The van der Waals surface area contributed by atoms with Crippen molar-refractivity contribution in [2.45, 2.75) is 19.1 Å². The van der Waals surface area contributed by atoms with Crippen LogP contribution >= 0.6 is 11.3 Å². The SMILES string of the molecule is COc1cccc(NC(=O)C(OC(=O)c2csc(C(C)OC)n2)c2ccccc2)c1. The van der Waals surface area contributed by atoms with Crippen LogP contribution in [0.25, 0.3) is 0 Å². The largest absolute Gasteiger partial charge is 0.497 e. The van der Waals surface area contributed by atoms with Crippen LogP contribution in [-0.2, 0) is 14.3 Å². The summed E-state index contributed by atoms with van der Waals surface area (Å²) in [5, 5.41) is 5.02. The van der Waals surface area contributed by atoms with E-state index >= 15 is 0 Å². The Kier molecular flexibility index (Phi) is 7.16. The molecule has 1 aromatic heterocycles. The molecule has 0 spiro atoms. The fourth-order valence-electron chi connectivity index (χ4n) is 2.65. The third-order valence-corrected chi connectivity index (χ3v) is 5.34. The molecule has 8 heteroatoms. The van der Waals surface area contributed by atoms with E-state index in [1.807, 2.05) is 13.0 Å². The average Bonchev–Trinajstić information content (AvgIpc) is 3.28. The van der Waals surface area contributed by atoms with Crippen molar-refractivity contribution in [2.75, 3.05) is 19.5 Å². The highest BCUT2D eigenvalue weighted by Crippen LogP contribution is 2.25. The maximum absolute atomic E-state index is 13.0. The minimum absolute atomic E-state index is 0.133. The Labute approximate surface area is 178 Å². The highest BCUT2D eigenvalue weighted by atomic mass is 32.1. The molecule has 1 N–H and O–H groups in total. The van der Waals surface area contributed by atoms with Gasteiger partial charge in [-0.3, -0.25) is 4.79 Å². The molecule has 7 nitrogen and oxygen atoms in total. The summed E-state index contributed by atoms with van der Waals surface area (Å²) in [4.78, 5) is 29.9. The van der Waals surface area contributed by atoms with Gasteiger partial charge in [0, 0.05) is 29.8 Å². The minimum atomic E-state index is -1.14. The number of amides is 1. The Morgan fingerprint density at radius 3 is 2.53 bits per heavy atom. The zero-order valence-electron chi connectivity index (χ0n) is 16.8. The lowest BCUT2D eigenvalue weighted by atomic mass is 10.1. The maximum atomic E-state index is 13.0. The predicted octanol–water partition coefficient (Wildman–Crippen LogP) is 4.40. The van der Waals surface area contributed by atoms with Crippen LogP contribution in [0, 0.1) is 0 Å². The molecular formula is C22H22N2O5S. The van der Waals surface area contributed by atoms with Crippen LogP contribution in [-0.4, -0.2) is 31.1 Å². The number of ether oxygens (including phenoxy) is 3. The van der Waals surface area contributed by atoms with Gasteiger partial charge in [0.25, 0.3) is 5.91 Å². The standard InChI is InChI=1S/C22H22N2O5S/c1-14(27-2)21-24-18(13-30-21)22(26)29-19(15-8-5-4-6-9-15)20(25)23-16-10-7-11-17(12-16)28-3/h4-14,19H,1-3H3,(H,23,25). The van der Waals surface area contributed by atoms with Crippen molar-refractivity contribution in [1.29, 1.82) is 0 Å². The van der Waals surface area contributed by atoms with Crippen LogP contribution in [0.15, 0.2) is 60.0 Å². The zero-order valence-corrected chi connectivity index (χ0v) is 17.6. The van der Waals surface area contributed by atoms with Crippen molar-refractivity contribution in [3.63, 3.8) is 0 Å². The van der Waals surface area contributed by atoms with Crippen LogP contribution in [0.5, 0.6) is 5.75 Å². The number of carbonyl (C=O) groups excluding carboxylic acids is 2. The number of esters is 1. The van der Waals surface area contributed by atoms with Gasteiger partial charge in [-0.1, -0.05) is 36.4 Å². The summed E-state index contributed by atoms with van der Waals surface area (Å²) in [5.74, 6) is -0.567. The van der Waals surface area contributed by atoms with Gasteiger partial charge in [0.1, 0.15) is 16.9 Å². The van der Waals surface area contributed by atoms with E-state index in [1.165, 1.54) is 11.3 Å². The Balaban J connectivity index is 1.81. The van der Waals surface area contributed by atoms with Crippen molar-refractivity contribution in [2.24, 2.45) is 0 Å². The van der Waals surface area contributed by atoms with Gasteiger partial charge in [-0.2, -0.15) is 0 Å². The molecule has 0 bridgehead atoms. The number of aromatic nitrogens is 1. The number of hydrogen-bond donors (Lipinski definition) is 1. The molecule has 2 aromatic carbocycles. The Morgan fingerprint density at radius 2 is 1.83 bits per heavy atom. The monoisotopic (exact) mass is 426 g/mol. The molecule has 156 valence electrons. The molecule has 1 amide bonds. The van der Waals surface area contributed by atoms with Crippen molar-refractivity contribution in [1.82, 2.24) is 4.98 Å². The number of hydrogen-bond acceptors (Lipinski definition) is 7. The van der Waals surface area contributed by atoms with Gasteiger partial charge in [0.15, 0.2) is 5.69 Å². The molecule has 0 aliphatic carbocycles. The molecule has 2 atom stereocenters. The number of carbonyl (C=O) groups is 2. The summed E-state index contributed by atoms with van der Waals surface area (Å²) in [6.45, 7) is 1.84. The summed E-state index contributed by atoms with van der Waals surface area (Å²) in [6, 6.07) is 15.7. The second-order valence-corrected chi connectivity index (χ2v) is 7.26. The number of rotatable bonds is 8. The summed E-state index contributed by atoms with van der Waals surface area (Å²) in [7, 11) is 3.11. The normalized spacial score (nSPS) is 12.6. The van der Waals surface area contributed by atoms with E-state index in [-0.39, 0.29) is 11.8 Å². The molecule has 0 saturated carbocycles. The van der Waals surface area contributed by atoms with Gasteiger partial charge in [-0.25, -0.2) is 9.78 Å². The van der Waals surface area contributed by atoms with Crippen molar-refractivity contribution >= 4 is 28.9 Å². The van der Waals surface area contributed by atoms with Crippen LogP contribution in [0.4, 0.5) is 5.69 Å². The van der Waals surface area contributed by atoms with E-state index in [4.69, 9.17) is 14.2 Å². The van der Waals surface area contributed by atoms with Crippen molar-refractivity contribution in [3.05, 3.63) is 76.2 Å². The van der Waals surface area contributed by atoms with E-state index in [0.29, 0.717) is 22.0 Å². The summed E-state index contributed by atoms with van der Waals surface area (Å²) in [6.07, 6.45) is -1.38. The first kappa shape index (κ1) is 21.5. The van der Waals surface area contributed by atoms with Crippen LogP contribution in [0.2, 0.25) is 0 Å². The van der Waals surface area contributed by atoms with Crippen LogP contribution in [0.3, 0.4) is 0 Å². The zero-order chi connectivity index (χ0) is 21.5. The number of nitrogens with one attached hydrogen (secondary N) is 1. The Hall–Kier alpha value is -3.23. The molecule has 0 radical (unpaired) electrons. The predicted molar refractivity (Wildman–Crippen MR) is 114 cm³/mol. The minimum Gasteiger partial charge on any atom is -0.497 e. The molecule has 3 rings (SSSR count). The first-order valence-electron chi connectivity index (χ1n) is 9.21. The summed E-state index contributed by atoms with van der Waals surface area (Å²) >= 11 is 1.30. The van der Waals surface area contributed by atoms with E-state index in [2.05, 4.69) is 10.3 Å². The number of nitrogens with zero attached hydrogens (tertiary/aromatic N) is 1. The van der Waals surface area contributed by atoms with Crippen LogP contribution < -0.4 is 10.1 Å². The second-order valence-electron chi connectivity index (χ2n) is 6.37. The Bertz CT molecular complexity index is 1010. The van der Waals surface area contributed by atoms with Gasteiger partial charge in [0.05, 0.1) is 7.11 Å². The second kappa shape index (κ2) is 10.00. The number of methoxy groups -OCH3 is 2. The van der Waals surface area contributed by atoms with Gasteiger partial charge < -0.3 is 19.5 Å². The molecule has 0 aliphatic heterocycles. The molecule has 0 saturated heterocycles. The third-order valence-electron chi connectivity index (χ3n) is 4.34. The maximum Gasteiger partial charge on any atom is 0.358 e. The lowest BCUT2D eigenvalue weighted by Gasteiger charge is -2.18. The van der Waals surface area contributed by atoms with Gasteiger partial charge in [-0.05, 0) is 19.1 Å². The van der Waals surface area contributed by atoms with Gasteiger partial charge >= 0.3 is 5.97 Å². The third kappa shape index (κ3) is 5.22. The fraction of sp³-hybridized carbons (Fsp3) is 0.227. The van der Waals surface area contributed by atoms with E-state index in [1.54, 1.807) is 68.1 Å². The summed E-state index contributed by atoms with van der Waals surface area (Å²) in [5.41, 5.74) is 1.21. The van der Waals surface area contributed by atoms with Gasteiger partial charge in [0.2, 0.25) is 6.10 Å². The smallest absolute Gasteiger partial charge is 0.358 e. The summed E-state index contributed by atoms with van der Waals surface area (Å²) < 4.78 is 16.0. The number of benzene rings is 2. The lowest BCUT2D eigenvalue weighted by Crippen LogP contribution is -2.26. The molecule has 30 heavy (non-hydrogen) atoms. The lowest BCUT2D eigenvalue weighted by molar-refractivity contribution is -0.125. The first-order valence-corrected chi connectivity index (χ1v) is 10.1. The van der Waals surface area contributed by atoms with Crippen molar-refractivity contribution in [3.8, 4) is 5.75 Å². The van der Waals surface area contributed by atoms with E-state index in [0.717, 1.165) is 0 Å². The molecule has 1 heterocycles.